The van der Waals surface area contributed by atoms with Crippen molar-refractivity contribution in [2.75, 3.05) is 19.8 Å². The Morgan fingerprint density at radius 2 is 2.09 bits per heavy atom. The highest BCUT2D eigenvalue weighted by molar-refractivity contribution is 7.13. The minimum atomic E-state index is 0.301. The summed E-state index contributed by atoms with van der Waals surface area (Å²) in [6, 6.07) is 8.61. The lowest BCUT2D eigenvalue weighted by atomic mass is 10.2. The first kappa shape index (κ1) is 16.4. The zero-order valence-corrected chi connectivity index (χ0v) is 14.8. The van der Waals surface area contributed by atoms with Crippen molar-refractivity contribution >= 4 is 11.3 Å². The van der Waals surface area contributed by atoms with Gasteiger partial charge < -0.3 is 9.47 Å². The minimum absolute atomic E-state index is 0.301. The molecular weight excluding hydrogens is 308 g/mol. The Morgan fingerprint density at radius 1 is 1.30 bits per heavy atom. The Morgan fingerprint density at radius 3 is 2.83 bits per heavy atom. The van der Waals surface area contributed by atoms with E-state index in [4.69, 9.17) is 14.5 Å². The number of thiazole rings is 1. The fourth-order valence-electron chi connectivity index (χ4n) is 2.77. The molecule has 0 bridgehead atoms. The van der Waals surface area contributed by atoms with Gasteiger partial charge in [-0.05, 0) is 45.0 Å². The summed E-state index contributed by atoms with van der Waals surface area (Å²) in [4.78, 5) is 7.25. The van der Waals surface area contributed by atoms with Gasteiger partial charge in [0.15, 0.2) is 0 Å². The topological polar surface area (TPSA) is 34.6 Å². The molecule has 1 aromatic carbocycles. The number of benzene rings is 1. The summed E-state index contributed by atoms with van der Waals surface area (Å²) in [5.74, 6) is 0.907. The van der Waals surface area contributed by atoms with E-state index in [9.17, 15) is 0 Å². The number of rotatable bonds is 5. The van der Waals surface area contributed by atoms with Crippen molar-refractivity contribution in [3.63, 3.8) is 0 Å². The number of nitrogens with zero attached hydrogens (tertiary/aromatic N) is 2. The molecular formula is C18H24N2O2S. The van der Waals surface area contributed by atoms with E-state index in [1.165, 1.54) is 0 Å². The number of ether oxygens (including phenoxy) is 2. The van der Waals surface area contributed by atoms with Crippen LogP contribution in [0.15, 0.2) is 29.6 Å². The van der Waals surface area contributed by atoms with Crippen LogP contribution >= 0.6 is 11.3 Å². The van der Waals surface area contributed by atoms with Gasteiger partial charge in [-0.15, -0.1) is 11.3 Å². The average molecular weight is 332 g/mol. The lowest BCUT2D eigenvalue weighted by Crippen LogP contribution is -2.46. The van der Waals surface area contributed by atoms with E-state index < -0.39 is 0 Å². The van der Waals surface area contributed by atoms with Gasteiger partial charge in [-0.3, -0.25) is 4.90 Å². The smallest absolute Gasteiger partial charge is 0.123 e. The Hall–Kier alpha value is -1.43. The summed E-state index contributed by atoms with van der Waals surface area (Å²) in [5, 5.41) is 3.23. The van der Waals surface area contributed by atoms with Crippen LogP contribution in [0, 0.1) is 0 Å². The maximum Gasteiger partial charge on any atom is 0.123 e. The summed E-state index contributed by atoms with van der Waals surface area (Å²) in [6.45, 7) is 9.69. The van der Waals surface area contributed by atoms with Crippen LogP contribution in [-0.4, -0.2) is 41.8 Å². The van der Waals surface area contributed by atoms with Crippen molar-refractivity contribution in [1.82, 2.24) is 9.88 Å². The Labute approximate surface area is 142 Å². The third-order valence-corrected chi connectivity index (χ3v) is 5.01. The lowest BCUT2D eigenvalue weighted by molar-refractivity contribution is -0.0530. The largest absolute Gasteiger partial charge is 0.494 e. The predicted octanol–water partition coefficient (Wildman–Crippen LogP) is 3.82. The second kappa shape index (κ2) is 7.43. The fraction of sp³-hybridized carbons (Fsp3) is 0.500. The normalized spacial score (nSPS) is 22.2. The van der Waals surface area contributed by atoms with E-state index in [0.717, 1.165) is 41.7 Å². The van der Waals surface area contributed by atoms with E-state index >= 15 is 0 Å². The van der Waals surface area contributed by atoms with Gasteiger partial charge in [0, 0.05) is 30.1 Å². The lowest BCUT2D eigenvalue weighted by Gasteiger charge is -2.36. The highest BCUT2D eigenvalue weighted by atomic mass is 32.1. The van der Waals surface area contributed by atoms with E-state index in [2.05, 4.69) is 36.3 Å². The van der Waals surface area contributed by atoms with Gasteiger partial charge in [-0.2, -0.15) is 0 Å². The van der Waals surface area contributed by atoms with Gasteiger partial charge in [-0.1, -0.05) is 0 Å². The highest BCUT2D eigenvalue weighted by Crippen LogP contribution is 2.27. The summed E-state index contributed by atoms with van der Waals surface area (Å²) in [7, 11) is 0. The van der Waals surface area contributed by atoms with Crippen molar-refractivity contribution < 1.29 is 9.47 Å². The Kier molecular flexibility index (Phi) is 5.30. The van der Waals surface area contributed by atoms with Crippen molar-refractivity contribution in [1.29, 1.82) is 0 Å². The van der Waals surface area contributed by atoms with Crippen LogP contribution in [0.5, 0.6) is 5.75 Å². The second-order valence-corrected chi connectivity index (χ2v) is 6.88. The number of hydrogen-bond acceptors (Lipinski definition) is 5. The van der Waals surface area contributed by atoms with Gasteiger partial charge >= 0.3 is 0 Å². The first-order valence-corrected chi connectivity index (χ1v) is 9.07. The molecule has 2 atom stereocenters. The van der Waals surface area contributed by atoms with Crippen LogP contribution < -0.4 is 4.74 Å². The van der Waals surface area contributed by atoms with Gasteiger partial charge in [0.05, 0.1) is 25.0 Å². The summed E-state index contributed by atoms with van der Waals surface area (Å²) in [6.07, 6.45) is 0.301. The first-order valence-electron chi connectivity index (χ1n) is 8.19. The van der Waals surface area contributed by atoms with Crippen LogP contribution in [0.1, 0.15) is 26.5 Å². The molecule has 3 rings (SSSR count). The van der Waals surface area contributed by atoms with Crippen molar-refractivity contribution in [3.8, 4) is 16.3 Å². The third kappa shape index (κ3) is 4.10. The molecule has 1 aliphatic rings. The van der Waals surface area contributed by atoms with E-state index in [0.29, 0.717) is 18.8 Å². The van der Waals surface area contributed by atoms with Crippen molar-refractivity contribution in [2.45, 2.75) is 39.5 Å². The molecule has 1 aliphatic heterocycles. The van der Waals surface area contributed by atoms with Crippen LogP contribution in [0.4, 0.5) is 0 Å². The maximum absolute atomic E-state index is 5.69. The monoisotopic (exact) mass is 332 g/mol. The predicted molar refractivity (Wildman–Crippen MR) is 94.0 cm³/mol. The summed E-state index contributed by atoms with van der Waals surface area (Å²) < 4.78 is 11.2. The second-order valence-electron chi connectivity index (χ2n) is 6.02. The molecule has 0 aliphatic carbocycles. The molecule has 2 aromatic rings. The highest BCUT2D eigenvalue weighted by Gasteiger charge is 2.24. The maximum atomic E-state index is 5.69. The molecule has 1 fully saturated rings. The Balaban J connectivity index is 1.67. The molecule has 2 unspecified atom stereocenters. The van der Waals surface area contributed by atoms with Gasteiger partial charge in [0.1, 0.15) is 10.8 Å². The van der Waals surface area contributed by atoms with Crippen LogP contribution in [-0.2, 0) is 11.3 Å². The molecule has 0 saturated carbocycles. The van der Waals surface area contributed by atoms with Crippen molar-refractivity contribution in [2.24, 2.45) is 0 Å². The number of hydrogen-bond donors (Lipinski definition) is 0. The Bertz CT molecular complexity index is 626. The van der Waals surface area contributed by atoms with E-state index in [-0.39, 0.29) is 0 Å². The van der Waals surface area contributed by atoms with Gasteiger partial charge in [0.2, 0.25) is 0 Å². The minimum Gasteiger partial charge on any atom is -0.494 e. The molecule has 0 spiro atoms. The zero-order valence-electron chi connectivity index (χ0n) is 14.0. The molecule has 0 amide bonds. The van der Waals surface area contributed by atoms with Gasteiger partial charge in [0.25, 0.3) is 0 Å². The molecule has 4 nitrogen and oxygen atoms in total. The number of aromatic nitrogens is 1. The fourth-order valence-corrected chi connectivity index (χ4v) is 3.59. The van der Waals surface area contributed by atoms with E-state index in [1.54, 1.807) is 11.3 Å². The molecule has 0 radical (unpaired) electrons. The quantitative estimate of drug-likeness (QED) is 0.834. The molecule has 2 heterocycles. The molecule has 1 aromatic heterocycles. The zero-order chi connectivity index (χ0) is 16.2. The van der Waals surface area contributed by atoms with Crippen LogP contribution in [0.25, 0.3) is 10.6 Å². The molecule has 0 N–H and O–H groups in total. The summed E-state index contributed by atoms with van der Waals surface area (Å²) >= 11 is 1.70. The SMILES string of the molecule is CCOc1ccc(-c2nc(CN3CC(C)OCC3C)cs2)cc1. The molecule has 5 heteroatoms. The third-order valence-electron chi connectivity index (χ3n) is 4.07. The van der Waals surface area contributed by atoms with Crippen molar-refractivity contribution in [3.05, 3.63) is 35.3 Å². The standard InChI is InChI=1S/C18H24N2O2S/c1-4-21-17-7-5-15(6-8-17)18-19-16(12-23-18)10-20-9-14(3)22-11-13(20)2/h5-8,12-14H,4,9-11H2,1-3H3. The van der Waals surface area contributed by atoms with Gasteiger partial charge in [-0.25, -0.2) is 4.98 Å². The average Bonchev–Trinajstić information content (AvgIpc) is 3.01. The molecule has 1 saturated heterocycles. The van der Waals surface area contributed by atoms with Crippen LogP contribution in [0.3, 0.4) is 0 Å². The van der Waals surface area contributed by atoms with E-state index in [1.807, 2.05) is 19.1 Å². The first-order chi connectivity index (χ1) is 11.2. The number of morpholine rings is 1. The molecule has 23 heavy (non-hydrogen) atoms. The van der Waals surface area contributed by atoms with Crippen LogP contribution in [0.2, 0.25) is 0 Å². The molecule has 124 valence electrons. The summed E-state index contributed by atoms with van der Waals surface area (Å²) in [5.41, 5.74) is 2.29.